The van der Waals surface area contributed by atoms with Crippen molar-refractivity contribution in [3.63, 3.8) is 0 Å². The van der Waals surface area contributed by atoms with Crippen LogP contribution in [0.4, 0.5) is 0 Å². The minimum atomic E-state index is -1.51. The molecule has 3 aromatic rings. The summed E-state index contributed by atoms with van der Waals surface area (Å²) in [5.74, 6) is 1.69. The van der Waals surface area contributed by atoms with E-state index in [-0.39, 0.29) is 13.2 Å². The number of aliphatic carboxylic acids is 1. The van der Waals surface area contributed by atoms with Crippen LogP contribution in [-0.4, -0.2) is 61.4 Å². The monoisotopic (exact) mass is 611 g/mol. The largest absolute Gasteiger partial charge is 0.493 e. The number of fused-ring (bicyclic) bond motifs is 1. The van der Waals surface area contributed by atoms with Gasteiger partial charge in [-0.05, 0) is 73.1 Å². The van der Waals surface area contributed by atoms with Crippen LogP contribution in [0.25, 0.3) is 11.1 Å². The maximum absolute atomic E-state index is 11.7. The third-order valence-corrected chi connectivity index (χ3v) is 8.37. The van der Waals surface area contributed by atoms with Crippen LogP contribution in [-0.2, 0) is 22.7 Å². The minimum absolute atomic E-state index is 0.128. The van der Waals surface area contributed by atoms with Crippen molar-refractivity contribution in [3.05, 3.63) is 70.2 Å². The molecule has 5 rings (SSSR count). The second-order valence-corrected chi connectivity index (χ2v) is 11.6. The van der Waals surface area contributed by atoms with Crippen molar-refractivity contribution in [1.82, 2.24) is 5.32 Å². The van der Waals surface area contributed by atoms with Gasteiger partial charge < -0.3 is 33.9 Å². The van der Waals surface area contributed by atoms with Gasteiger partial charge in [0, 0.05) is 31.4 Å². The van der Waals surface area contributed by atoms with Crippen LogP contribution in [0.15, 0.2) is 48.5 Å². The number of carboxylic acids is 1. The molecule has 0 radical (unpaired) electrons. The first-order chi connectivity index (χ1) is 20.8. The van der Waals surface area contributed by atoms with Gasteiger partial charge in [-0.15, -0.1) is 0 Å². The molecule has 9 nitrogen and oxygen atoms in total. The molecule has 3 aromatic carbocycles. The highest BCUT2D eigenvalue weighted by Crippen LogP contribution is 2.37. The maximum atomic E-state index is 11.7. The first-order valence-corrected chi connectivity index (χ1v) is 14.9. The number of halogens is 1. The van der Waals surface area contributed by atoms with Gasteiger partial charge in [-0.3, -0.25) is 10.1 Å². The van der Waals surface area contributed by atoms with Crippen LogP contribution in [0.2, 0.25) is 5.02 Å². The lowest BCUT2D eigenvalue weighted by molar-refractivity contribution is -0.145. The van der Waals surface area contributed by atoms with Crippen LogP contribution in [0.1, 0.15) is 36.5 Å². The number of benzene rings is 3. The Balaban J connectivity index is 1.35. The fraction of sp³-hybridized carbons (Fsp3) is 0.424. The summed E-state index contributed by atoms with van der Waals surface area (Å²) in [6, 6.07) is 15.5. The molecule has 0 amide bonds. The lowest BCUT2D eigenvalue weighted by atomic mass is 9.96. The lowest BCUT2D eigenvalue weighted by Crippen LogP contribution is -2.52. The summed E-state index contributed by atoms with van der Waals surface area (Å²) in [6.07, 6.45) is 1.82. The van der Waals surface area contributed by atoms with Crippen LogP contribution >= 0.6 is 11.6 Å². The molecule has 43 heavy (non-hydrogen) atoms. The van der Waals surface area contributed by atoms with E-state index in [1.807, 2.05) is 30.3 Å². The molecule has 1 fully saturated rings. The van der Waals surface area contributed by atoms with Gasteiger partial charge >= 0.3 is 5.97 Å². The van der Waals surface area contributed by atoms with E-state index in [0.717, 1.165) is 46.6 Å². The Kier molecular flexibility index (Phi) is 9.97. The predicted octanol–water partition coefficient (Wildman–Crippen LogP) is 5.40. The van der Waals surface area contributed by atoms with Gasteiger partial charge in [0.2, 0.25) is 0 Å². The summed E-state index contributed by atoms with van der Waals surface area (Å²) in [7, 11) is 0. The Morgan fingerprint density at radius 3 is 2.51 bits per heavy atom. The van der Waals surface area contributed by atoms with Crippen LogP contribution in [0.5, 0.6) is 23.0 Å². The highest BCUT2D eigenvalue weighted by atomic mass is 35.5. The third-order valence-electron chi connectivity index (χ3n) is 8.07. The molecular weight excluding hydrogens is 574 g/mol. The first-order valence-electron chi connectivity index (χ1n) is 14.5. The quantitative estimate of drug-likeness (QED) is 0.248. The fourth-order valence-electron chi connectivity index (χ4n) is 5.09. The smallest absolute Gasteiger partial charge is 0.326 e. The van der Waals surface area contributed by atoms with E-state index in [1.165, 1.54) is 6.92 Å². The molecule has 10 heteroatoms. The second kappa shape index (κ2) is 13.9. The summed E-state index contributed by atoms with van der Waals surface area (Å²) in [4.78, 5) is 11.7. The summed E-state index contributed by atoms with van der Waals surface area (Å²) in [5, 5.41) is 22.5. The number of rotatable bonds is 12. The SMILES string of the molecule is Cc1c(COc2cc(OCC3CCOCC3)c(CN[C@](C)(CO)C(=O)O)cc2Cl)cccc1-c1ccc2c(c1)OCCO2. The third kappa shape index (κ3) is 7.36. The molecule has 2 aliphatic rings. The molecule has 2 aliphatic heterocycles. The van der Waals surface area contributed by atoms with Crippen molar-refractivity contribution < 1.29 is 38.7 Å². The molecule has 3 N–H and O–H groups in total. The van der Waals surface area contributed by atoms with Gasteiger partial charge in [0.25, 0.3) is 0 Å². The van der Waals surface area contributed by atoms with E-state index < -0.39 is 18.1 Å². The van der Waals surface area contributed by atoms with E-state index in [2.05, 4.69) is 18.3 Å². The molecule has 0 aliphatic carbocycles. The zero-order valence-electron chi connectivity index (χ0n) is 24.5. The Bertz CT molecular complexity index is 1440. The van der Waals surface area contributed by atoms with Gasteiger partial charge in [-0.2, -0.15) is 0 Å². The second-order valence-electron chi connectivity index (χ2n) is 11.1. The molecule has 230 valence electrons. The van der Waals surface area contributed by atoms with E-state index in [9.17, 15) is 15.0 Å². The molecular formula is C33H38ClNO8. The van der Waals surface area contributed by atoms with E-state index in [0.29, 0.717) is 61.0 Å². The number of hydrogen-bond acceptors (Lipinski definition) is 8. The number of ether oxygens (including phenoxy) is 5. The normalized spacial score (nSPS) is 16.4. The maximum Gasteiger partial charge on any atom is 0.326 e. The number of carbonyl (C=O) groups is 1. The summed E-state index contributed by atoms with van der Waals surface area (Å²) in [6.45, 7) is 6.30. The summed E-state index contributed by atoms with van der Waals surface area (Å²) < 4.78 is 29.4. The predicted molar refractivity (Wildman–Crippen MR) is 162 cm³/mol. The van der Waals surface area contributed by atoms with Crippen molar-refractivity contribution in [2.45, 2.75) is 45.4 Å². The molecule has 0 saturated carbocycles. The van der Waals surface area contributed by atoms with Gasteiger partial charge in [0.15, 0.2) is 11.5 Å². The zero-order valence-corrected chi connectivity index (χ0v) is 25.2. The fourth-order valence-corrected chi connectivity index (χ4v) is 5.33. The van der Waals surface area contributed by atoms with Crippen molar-refractivity contribution in [3.8, 4) is 34.1 Å². The van der Waals surface area contributed by atoms with E-state index >= 15 is 0 Å². The number of hydrogen-bond donors (Lipinski definition) is 3. The lowest BCUT2D eigenvalue weighted by Gasteiger charge is -2.26. The van der Waals surface area contributed by atoms with E-state index in [4.69, 9.17) is 35.3 Å². The highest BCUT2D eigenvalue weighted by molar-refractivity contribution is 6.32. The van der Waals surface area contributed by atoms with Gasteiger partial charge in [0.1, 0.15) is 36.9 Å². The Labute approximate surface area is 256 Å². The van der Waals surface area contributed by atoms with Crippen LogP contribution in [0, 0.1) is 12.8 Å². The number of nitrogens with one attached hydrogen (secondary N) is 1. The van der Waals surface area contributed by atoms with Crippen LogP contribution in [0.3, 0.4) is 0 Å². The molecule has 0 bridgehead atoms. The Morgan fingerprint density at radius 1 is 1.00 bits per heavy atom. The van der Waals surface area contributed by atoms with Crippen molar-refractivity contribution in [2.24, 2.45) is 5.92 Å². The van der Waals surface area contributed by atoms with Crippen molar-refractivity contribution >= 4 is 17.6 Å². The molecule has 0 unspecified atom stereocenters. The van der Waals surface area contributed by atoms with Crippen molar-refractivity contribution in [1.29, 1.82) is 0 Å². The molecule has 2 heterocycles. The highest BCUT2D eigenvalue weighted by Gasteiger charge is 2.32. The molecule has 1 saturated heterocycles. The Morgan fingerprint density at radius 2 is 1.77 bits per heavy atom. The minimum Gasteiger partial charge on any atom is -0.493 e. The molecule has 1 atom stereocenters. The first kappa shape index (κ1) is 30.9. The number of aliphatic hydroxyl groups is 1. The number of carboxylic acid groups (broad SMARTS) is 1. The van der Waals surface area contributed by atoms with Gasteiger partial charge in [0.05, 0.1) is 18.2 Å². The topological polar surface area (TPSA) is 116 Å². The average Bonchev–Trinajstić information content (AvgIpc) is 3.03. The summed E-state index contributed by atoms with van der Waals surface area (Å²) in [5.41, 5.74) is 3.32. The standard InChI is InChI=1S/C33H38ClNO8/c1-21-24(4-3-5-26(21)23-6-7-28-31(15-23)41-13-12-40-28)19-43-30-16-29(42-18-22-8-10-39-11-9-22)25(14-27(30)34)17-35-33(2,20-36)32(37)38/h3-7,14-16,22,35-36H,8-13,17-20H2,1-2H3,(H,37,38)/t33-/m1/s1. The van der Waals surface area contributed by atoms with Gasteiger partial charge in [-0.25, -0.2) is 0 Å². The number of aliphatic hydroxyl groups excluding tert-OH is 1. The average molecular weight is 612 g/mol. The van der Waals surface area contributed by atoms with Crippen molar-refractivity contribution in [2.75, 3.05) is 39.6 Å². The summed E-state index contributed by atoms with van der Waals surface area (Å²) >= 11 is 6.68. The van der Waals surface area contributed by atoms with Crippen LogP contribution < -0.4 is 24.3 Å². The van der Waals surface area contributed by atoms with E-state index in [1.54, 1.807) is 12.1 Å². The molecule has 0 spiro atoms. The van der Waals surface area contributed by atoms with Gasteiger partial charge in [-0.1, -0.05) is 35.9 Å². The zero-order chi connectivity index (χ0) is 30.4. The Hall–Kier alpha value is -3.50. The molecule has 0 aromatic heterocycles.